The van der Waals surface area contributed by atoms with Gasteiger partial charge < -0.3 is 4.90 Å². The van der Waals surface area contributed by atoms with E-state index >= 15 is 0 Å². The summed E-state index contributed by atoms with van der Waals surface area (Å²) in [6.07, 6.45) is 8.48. The normalized spacial score (nSPS) is 13.1. The number of benzene rings is 1. The molecule has 1 heterocycles. The van der Waals surface area contributed by atoms with E-state index in [1.165, 1.54) is 11.3 Å². The molecule has 0 unspecified atom stereocenters. The third-order valence-corrected chi connectivity index (χ3v) is 2.79. The molecule has 0 fully saturated rings. The summed E-state index contributed by atoms with van der Waals surface area (Å²) in [5, 5.41) is 0. The first-order valence-corrected chi connectivity index (χ1v) is 6.19. The van der Waals surface area contributed by atoms with E-state index < -0.39 is 0 Å². The molecule has 0 atom stereocenters. The Hall–Kier alpha value is -0.960. The molecule has 0 amide bonds. The fourth-order valence-corrected chi connectivity index (χ4v) is 1.94. The van der Waals surface area contributed by atoms with E-state index in [0.29, 0.717) is 5.88 Å². The van der Waals surface area contributed by atoms with Crippen LogP contribution in [0, 0.1) is 0 Å². The van der Waals surface area contributed by atoms with E-state index in [0.717, 1.165) is 13.0 Å². The van der Waals surface area contributed by atoms with Crippen molar-refractivity contribution in [2.24, 2.45) is 4.99 Å². The molecule has 2 rings (SSSR count). The smallest absolute Gasteiger partial charge is 0.0473 e. The van der Waals surface area contributed by atoms with Crippen LogP contribution in [0.25, 0.3) is 0 Å². The van der Waals surface area contributed by atoms with Gasteiger partial charge in [-0.25, -0.2) is 0 Å². The van der Waals surface area contributed by atoms with Crippen LogP contribution in [-0.4, -0.2) is 17.0 Å². The predicted molar refractivity (Wildman–Crippen MR) is 87.5 cm³/mol. The molecule has 104 valence electrons. The van der Waals surface area contributed by atoms with Crippen molar-refractivity contribution in [2.45, 2.75) is 13.0 Å². The third kappa shape index (κ3) is 5.68. The highest BCUT2D eigenvalue weighted by Crippen LogP contribution is 2.16. The molecule has 0 spiro atoms. The summed E-state index contributed by atoms with van der Waals surface area (Å²) in [7, 11) is 0. The van der Waals surface area contributed by atoms with E-state index in [9.17, 15) is 0 Å². The Morgan fingerprint density at radius 1 is 1.11 bits per heavy atom. The molecule has 1 aromatic rings. The van der Waals surface area contributed by atoms with Crippen LogP contribution in [0.3, 0.4) is 0 Å². The number of rotatable bonds is 4. The first-order valence-electron chi connectivity index (χ1n) is 5.65. The lowest BCUT2D eigenvalue weighted by atomic mass is 10.2. The van der Waals surface area contributed by atoms with Gasteiger partial charge in [0.25, 0.3) is 0 Å². The number of aliphatic imine (C=N–C) groups is 1. The molecule has 2 nitrogen and oxygen atoms in total. The third-order valence-electron chi connectivity index (χ3n) is 2.60. The highest BCUT2D eigenvalue weighted by Gasteiger charge is 2.07. The van der Waals surface area contributed by atoms with E-state index in [2.05, 4.69) is 34.2 Å². The van der Waals surface area contributed by atoms with Crippen molar-refractivity contribution in [3.05, 3.63) is 60.1 Å². The minimum Gasteiger partial charge on any atom is -0.345 e. The van der Waals surface area contributed by atoms with E-state index in [1.54, 1.807) is 6.20 Å². The van der Waals surface area contributed by atoms with E-state index in [4.69, 9.17) is 11.6 Å². The fourth-order valence-electron chi connectivity index (χ4n) is 1.75. The minimum atomic E-state index is 0. The molecule has 1 aliphatic rings. The molecule has 0 bridgehead atoms. The molecule has 1 aliphatic heterocycles. The van der Waals surface area contributed by atoms with Gasteiger partial charge in [0.1, 0.15) is 0 Å². The molecule has 0 N–H and O–H groups in total. The molecule has 1 aromatic carbocycles. The van der Waals surface area contributed by atoms with Crippen molar-refractivity contribution in [2.75, 3.05) is 5.88 Å². The largest absolute Gasteiger partial charge is 0.345 e. The van der Waals surface area contributed by atoms with Gasteiger partial charge in [-0.15, -0.1) is 36.4 Å². The molecule has 0 aliphatic carbocycles. The van der Waals surface area contributed by atoms with E-state index in [1.807, 2.05) is 24.6 Å². The number of allylic oxidation sites excluding steroid dienone is 2. The first kappa shape index (κ1) is 18.0. The quantitative estimate of drug-likeness (QED) is 0.751. The molecule has 0 radical (unpaired) electrons. The van der Waals surface area contributed by atoms with Crippen molar-refractivity contribution < 1.29 is 0 Å². The van der Waals surface area contributed by atoms with Crippen LogP contribution < -0.4 is 0 Å². The Kier molecular flexibility index (Phi) is 9.40. The van der Waals surface area contributed by atoms with Crippen molar-refractivity contribution in [3.63, 3.8) is 0 Å². The summed E-state index contributed by atoms with van der Waals surface area (Å²) in [5.41, 5.74) is 2.47. The number of halogens is 3. The van der Waals surface area contributed by atoms with Crippen molar-refractivity contribution in [1.82, 2.24) is 4.90 Å². The summed E-state index contributed by atoms with van der Waals surface area (Å²) >= 11 is 5.82. The van der Waals surface area contributed by atoms with Gasteiger partial charge in [0, 0.05) is 43.2 Å². The second kappa shape index (κ2) is 9.90. The average Bonchev–Trinajstić information content (AvgIpc) is 2.57. The number of alkyl halides is 1. The average molecular weight is 320 g/mol. The highest BCUT2D eigenvalue weighted by atomic mass is 35.5. The fraction of sp³-hybridized carbons (Fsp3) is 0.214. The van der Waals surface area contributed by atoms with Gasteiger partial charge in [-0.3, -0.25) is 4.99 Å². The highest BCUT2D eigenvalue weighted by molar-refractivity contribution is 6.18. The van der Waals surface area contributed by atoms with Crippen LogP contribution >= 0.6 is 36.4 Å². The van der Waals surface area contributed by atoms with Crippen molar-refractivity contribution in [3.8, 4) is 0 Å². The van der Waals surface area contributed by atoms with Crippen LogP contribution in [0.2, 0.25) is 0 Å². The van der Waals surface area contributed by atoms with Gasteiger partial charge in [0.15, 0.2) is 0 Å². The van der Waals surface area contributed by atoms with Gasteiger partial charge >= 0.3 is 0 Å². The summed E-state index contributed by atoms with van der Waals surface area (Å²) in [5.74, 6) is 0.624. The van der Waals surface area contributed by atoms with Crippen LogP contribution in [0.5, 0.6) is 0 Å². The van der Waals surface area contributed by atoms with Gasteiger partial charge in [-0.2, -0.15) is 0 Å². The maximum Gasteiger partial charge on any atom is 0.0473 e. The molecule has 0 saturated carbocycles. The van der Waals surface area contributed by atoms with Gasteiger partial charge in [-0.05, 0) is 11.6 Å². The number of hydrogen-bond acceptors (Lipinski definition) is 2. The summed E-state index contributed by atoms with van der Waals surface area (Å²) < 4.78 is 0. The van der Waals surface area contributed by atoms with Crippen LogP contribution in [0.15, 0.2) is 59.5 Å². The predicted octanol–water partition coefficient (Wildman–Crippen LogP) is 4.40. The molecular formula is C14H17Cl3N2. The SMILES string of the molecule is Cl.Cl.ClCCC1=CC=NC=CN1Cc1ccccc1. The van der Waals surface area contributed by atoms with Gasteiger partial charge in [0.05, 0.1) is 0 Å². The monoisotopic (exact) mass is 318 g/mol. The Morgan fingerprint density at radius 3 is 2.53 bits per heavy atom. The molecule has 0 saturated heterocycles. The lowest BCUT2D eigenvalue weighted by molar-refractivity contribution is 0.446. The number of hydrogen-bond donors (Lipinski definition) is 0. The zero-order valence-electron chi connectivity index (χ0n) is 10.4. The summed E-state index contributed by atoms with van der Waals surface area (Å²) in [6.45, 7) is 0.851. The second-order valence-corrected chi connectivity index (χ2v) is 4.18. The van der Waals surface area contributed by atoms with Crippen molar-refractivity contribution in [1.29, 1.82) is 0 Å². The minimum absolute atomic E-state index is 0. The topological polar surface area (TPSA) is 15.6 Å². The first-order chi connectivity index (χ1) is 8.40. The van der Waals surface area contributed by atoms with Crippen LogP contribution in [0.4, 0.5) is 0 Å². The number of nitrogens with zero attached hydrogens (tertiary/aromatic N) is 2. The second-order valence-electron chi connectivity index (χ2n) is 3.81. The summed E-state index contributed by atoms with van der Waals surface area (Å²) in [6, 6.07) is 10.4. The Bertz CT molecular complexity index is 441. The van der Waals surface area contributed by atoms with Crippen LogP contribution in [0.1, 0.15) is 12.0 Å². The van der Waals surface area contributed by atoms with E-state index in [-0.39, 0.29) is 24.8 Å². The van der Waals surface area contributed by atoms with Gasteiger partial charge in [-0.1, -0.05) is 30.3 Å². The maximum absolute atomic E-state index is 5.82. The Morgan fingerprint density at radius 2 is 1.84 bits per heavy atom. The standard InChI is InChI=1S/C14H15ClN2.2ClH/c15-8-6-14-7-9-16-10-11-17(14)12-13-4-2-1-3-5-13;;/h1-5,7,9-11H,6,8,12H2;2*1H. The van der Waals surface area contributed by atoms with Crippen LogP contribution in [-0.2, 0) is 6.54 Å². The summed E-state index contributed by atoms with van der Waals surface area (Å²) in [4.78, 5) is 6.31. The molecule has 5 heteroatoms. The maximum atomic E-state index is 5.82. The Balaban J connectivity index is 0.00000162. The molecule has 19 heavy (non-hydrogen) atoms. The zero-order valence-corrected chi connectivity index (χ0v) is 12.8. The van der Waals surface area contributed by atoms with Gasteiger partial charge in [0.2, 0.25) is 0 Å². The van der Waals surface area contributed by atoms with Crippen molar-refractivity contribution >= 4 is 42.6 Å². The lowest BCUT2D eigenvalue weighted by Crippen LogP contribution is -2.16. The zero-order chi connectivity index (χ0) is 11.9. The Labute approximate surface area is 131 Å². The lowest BCUT2D eigenvalue weighted by Gasteiger charge is -2.22. The molecular weight excluding hydrogens is 303 g/mol. The molecule has 0 aromatic heterocycles.